The molecule has 3 aromatic rings. The van der Waals surface area contributed by atoms with Crippen LogP contribution in [0.15, 0.2) is 29.4 Å². The van der Waals surface area contributed by atoms with Gasteiger partial charge < -0.3 is 14.6 Å². The molecule has 0 bridgehead atoms. The van der Waals surface area contributed by atoms with Crippen LogP contribution in [0, 0.1) is 0 Å². The molecule has 1 aliphatic rings. The molecule has 8 nitrogen and oxygen atoms in total. The molecule has 0 radical (unpaired) electrons. The average molecular weight is 414 g/mol. The molecule has 0 saturated carbocycles. The third-order valence-corrected chi connectivity index (χ3v) is 6.21. The van der Waals surface area contributed by atoms with E-state index in [0.29, 0.717) is 22.4 Å². The van der Waals surface area contributed by atoms with Crippen molar-refractivity contribution in [3.63, 3.8) is 0 Å². The minimum atomic E-state index is -0.952. The summed E-state index contributed by atoms with van der Waals surface area (Å²) in [7, 11) is 0. The lowest BCUT2D eigenvalue weighted by molar-refractivity contribution is -0.137. The highest BCUT2D eigenvalue weighted by Crippen LogP contribution is 2.27. The van der Waals surface area contributed by atoms with Crippen LogP contribution in [-0.2, 0) is 16.1 Å². The van der Waals surface area contributed by atoms with Crippen molar-refractivity contribution in [2.45, 2.75) is 50.4 Å². The van der Waals surface area contributed by atoms with Gasteiger partial charge in [-0.2, -0.15) is 0 Å². The predicted molar refractivity (Wildman–Crippen MR) is 111 cm³/mol. The van der Waals surface area contributed by atoms with Gasteiger partial charge >= 0.3 is 5.97 Å². The molecular weight excluding hydrogens is 390 g/mol. The largest absolute Gasteiger partial charge is 0.480 e. The Balaban J connectivity index is 1.59. The minimum absolute atomic E-state index is 0.0938. The van der Waals surface area contributed by atoms with E-state index in [4.69, 9.17) is 0 Å². The topological polar surface area (TPSA) is 101 Å². The number of carboxylic acids is 1. The van der Waals surface area contributed by atoms with Gasteiger partial charge in [0.1, 0.15) is 12.1 Å². The first-order valence-corrected chi connectivity index (χ1v) is 10.8. The van der Waals surface area contributed by atoms with Crippen molar-refractivity contribution in [3.8, 4) is 0 Å². The van der Waals surface area contributed by atoms with Crippen LogP contribution in [0.3, 0.4) is 0 Å². The lowest BCUT2D eigenvalue weighted by atomic mass is 10.0. The summed E-state index contributed by atoms with van der Waals surface area (Å²) in [6.45, 7) is 2.71. The number of aromatic nitrogens is 4. The van der Waals surface area contributed by atoms with Crippen molar-refractivity contribution < 1.29 is 14.7 Å². The second-order valence-corrected chi connectivity index (χ2v) is 8.14. The van der Waals surface area contributed by atoms with E-state index in [1.807, 2.05) is 29.2 Å². The number of carbonyl (C=O) groups excluding carboxylic acids is 1. The highest BCUT2D eigenvalue weighted by molar-refractivity contribution is 7.99. The molecule has 1 aromatic carbocycles. The van der Waals surface area contributed by atoms with E-state index in [0.717, 1.165) is 36.7 Å². The van der Waals surface area contributed by atoms with Crippen molar-refractivity contribution >= 4 is 45.7 Å². The summed E-state index contributed by atoms with van der Waals surface area (Å²) in [5, 5.41) is 19.0. The van der Waals surface area contributed by atoms with Gasteiger partial charge in [0, 0.05) is 18.0 Å². The number of carboxylic acid groups (broad SMARTS) is 1. The van der Waals surface area contributed by atoms with E-state index in [1.54, 1.807) is 4.57 Å². The van der Waals surface area contributed by atoms with E-state index in [2.05, 4.69) is 22.1 Å². The summed E-state index contributed by atoms with van der Waals surface area (Å²) in [6.07, 6.45) is 4.25. The van der Waals surface area contributed by atoms with Crippen molar-refractivity contribution in [2.24, 2.45) is 0 Å². The highest BCUT2D eigenvalue weighted by Gasteiger charge is 2.25. The summed E-state index contributed by atoms with van der Waals surface area (Å²) in [5.74, 6) is -0.606. The van der Waals surface area contributed by atoms with E-state index in [9.17, 15) is 14.7 Å². The van der Waals surface area contributed by atoms with Gasteiger partial charge in [-0.05, 0) is 31.7 Å². The average Bonchev–Trinajstić information content (AvgIpc) is 3.04. The molecule has 152 valence electrons. The van der Waals surface area contributed by atoms with Crippen LogP contribution in [0.2, 0.25) is 0 Å². The SMILES string of the molecule is CC[C@@H]1CCCCN1C(=O)CSc1nnc2c3ccccc3n(CC(=O)O)c2n1. The van der Waals surface area contributed by atoms with Crippen molar-refractivity contribution in [2.75, 3.05) is 12.3 Å². The number of para-hydroxylation sites is 1. The molecule has 0 unspecified atom stereocenters. The molecule has 1 saturated heterocycles. The minimum Gasteiger partial charge on any atom is -0.480 e. The summed E-state index contributed by atoms with van der Waals surface area (Å²) in [5.41, 5.74) is 1.80. The van der Waals surface area contributed by atoms with E-state index >= 15 is 0 Å². The van der Waals surface area contributed by atoms with Crippen LogP contribution in [-0.4, -0.2) is 60.0 Å². The zero-order chi connectivity index (χ0) is 20.4. The Labute approximate surface area is 172 Å². The molecule has 0 aliphatic carbocycles. The first-order chi connectivity index (χ1) is 14.1. The molecule has 3 heterocycles. The molecule has 1 atom stereocenters. The Kier molecular flexibility index (Phi) is 5.66. The quantitative estimate of drug-likeness (QED) is 0.620. The Morgan fingerprint density at radius 2 is 2.07 bits per heavy atom. The fraction of sp³-hybridized carbons (Fsp3) is 0.450. The van der Waals surface area contributed by atoms with Gasteiger partial charge in [0.05, 0.1) is 11.3 Å². The zero-order valence-electron chi connectivity index (χ0n) is 16.2. The van der Waals surface area contributed by atoms with Gasteiger partial charge in [-0.1, -0.05) is 36.9 Å². The van der Waals surface area contributed by atoms with Crippen LogP contribution in [0.1, 0.15) is 32.6 Å². The van der Waals surface area contributed by atoms with Crippen LogP contribution < -0.4 is 0 Å². The van der Waals surface area contributed by atoms with E-state index in [-0.39, 0.29) is 18.2 Å². The molecule has 1 N–H and O–H groups in total. The van der Waals surface area contributed by atoms with Crippen LogP contribution >= 0.6 is 11.8 Å². The number of likely N-dealkylation sites (tertiary alicyclic amines) is 1. The third-order valence-electron chi connectivity index (χ3n) is 5.39. The predicted octanol–water partition coefficient (Wildman–Crippen LogP) is 2.95. The fourth-order valence-corrected chi connectivity index (χ4v) is 4.68. The molecular formula is C20H23N5O3S. The van der Waals surface area contributed by atoms with Crippen molar-refractivity contribution in [1.29, 1.82) is 0 Å². The number of piperidine rings is 1. The maximum Gasteiger partial charge on any atom is 0.323 e. The Hall–Kier alpha value is -2.68. The Morgan fingerprint density at radius 1 is 1.24 bits per heavy atom. The molecule has 4 rings (SSSR count). The number of aliphatic carboxylic acids is 1. The number of amides is 1. The number of carbonyl (C=O) groups is 2. The first kappa shape index (κ1) is 19.6. The number of thioether (sulfide) groups is 1. The fourth-order valence-electron chi connectivity index (χ4n) is 4.01. The van der Waals surface area contributed by atoms with Crippen molar-refractivity contribution in [1.82, 2.24) is 24.6 Å². The maximum atomic E-state index is 12.7. The van der Waals surface area contributed by atoms with E-state index in [1.165, 1.54) is 18.2 Å². The van der Waals surface area contributed by atoms with Crippen molar-refractivity contribution in [3.05, 3.63) is 24.3 Å². The second kappa shape index (κ2) is 8.36. The molecule has 29 heavy (non-hydrogen) atoms. The van der Waals surface area contributed by atoms with Crippen LogP contribution in [0.5, 0.6) is 0 Å². The Morgan fingerprint density at radius 3 is 2.86 bits per heavy atom. The molecule has 9 heteroatoms. The smallest absolute Gasteiger partial charge is 0.323 e. The summed E-state index contributed by atoms with van der Waals surface area (Å²) < 4.78 is 1.63. The van der Waals surface area contributed by atoms with Gasteiger partial charge in [-0.25, -0.2) is 4.98 Å². The monoisotopic (exact) mass is 413 g/mol. The molecule has 2 aromatic heterocycles. The van der Waals surface area contributed by atoms with Gasteiger partial charge in [0.15, 0.2) is 5.65 Å². The third kappa shape index (κ3) is 3.91. The van der Waals surface area contributed by atoms with Gasteiger partial charge in [0.25, 0.3) is 0 Å². The number of nitrogens with zero attached hydrogens (tertiary/aromatic N) is 5. The summed E-state index contributed by atoms with van der Waals surface area (Å²) in [4.78, 5) is 30.6. The second-order valence-electron chi connectivity index (χ2n) is 7.20. The highest BCUT2D eigenvalue weighted by atomic mass is 32.2. The lowest BCUT2D eigenvalue weighted by Crippen LogP contribution is -2.44. The van der Waals surface area contributed by atoms with Crippen LogP contribution in [0.4, 0.5) is 0 Å². The molecule has 1 amide bonds. The van der Waals surface area contributed by atoms with Gasteiger partial charge in [0.2, 0.25) is 11.1 Å². The van der Waals surface area contributed by atoms with Gasteiger partial charge in [-0.15, -0.1) is 10.2 Å². The number of benzene rings is 1. The maximum absolute atomic E-state index is 12.7. The van der Waals surface area contributed by atoms with Gasteiger partial charge in [-0.3, -0.25) is 9.59 Å². The first-order valence-electron chi connectivity index (χ1n) is 9.84. The number of hydrogen-bond acceptors (Lipinski definition) is 6. The normalized spacial score (nSPS) is 17.1. The zero-order valence-corrected chi connectivity index (χ0v) is 17.1. The lowest BCUT2D eigenvalue weighted by Gasteiger charge is -2.35. The summed E-state index contributed by atoms with van der Waals surface area (Å²) in [6, 6.07) is 7.77. The number of rotatable bonds is 6. The molecule has 0 spiro atoms. The molecule has 1 aliphatic heterocycles. The summed E-state index contributed by atoms with van der Waals surface area (Å²) >= 11 is 1.25. The number of hydrogen-bond donors (Lipinski definition) is 1. The van der Waals surface area contributed by atoms with Crippen LogP contribution in [0.25, 0.3) is 22.1 Å². The standard InChI is InChI=1S/C20H23N5O3S/c1-2-13-7-5-6-10-24(13)16(26)12-29-20-21-19-18(22-23-20)14-8-3-4-9-15(14)25(19)11-17(27)28/h3-4,8-9,13H,2,5-7,10-12H2,1H3,(H,27,28)/t13-/m1/s1. The Bertz CT molecular complexity index is 1070. The number of fused-ring (bicyclic) bond motifs is 3. The molecule has 1 fully saturated rings. The van der Waals surface area contributed by atoms with E-state index < -0.39 is 5.97 Å².